The molecular weight excluding hydrogens is 334 g/mol. The van der Waals surface area contributed by atoms with Gasteiger partial charge in [-0.15, -0.1) is 0 Å². The average Bonchev–Trinajstić information content (AvgIpc) is 2.90. The van der Waals surface area contributed by atoms with Crippen LogP contribution in [-0.4, -0.2) is 12.5 Å². The molecule has 3 nitrogen and oxygen atoms in total. The molecule has 2 aromatic carbocycles. The summed E-state index contributed by atoms with van der Waals surface area (Å²) in [6, 6.07) is 17.5. The molecule has 1 amide bonds. The number of furan rings is 1. The molecule has 128 valence electrons. The van der Waals surface area contributed by atoms with Gasteiger partial charge >= 0.3 is 0 Å². The fraction of sp³-hybridized carbons (Fsp3) is 0.190. The number of amides is 1. The maximum absolute atomic E-state index is 12.7. The molecule has 1 N–H and O–H groups in total. The Morgan fingerprint density at radius 1 is 1.04 bits per heavy atom. The van der Waals surface area contributed by atoms with Crippen LogP contribution in [0.2, 0.25) is 5.02 Å². The monoisotopic (exact) mass is 353 g/mol. The van der Waals surface area contributed by atoms with E-state index in [1.54, 1.807) is 0 Å². The second kappa shape index (κ2) is 7.58. The van der Waals surface area contributed by atoms with Crippen LogP contribution in [0.3, 0.4) is 0 Å². The lowest BCUT2D eigenvalue weighted by atomic mass is 10.00. The fourth-order valence-electron chi connectivity index (χ4n) is 3.01. The van der Waals surface area contributed by atoms with Gasteiger partial charge in [0.25, 0.3) is 5.91 Å². The number of nitrogens with one attached hydrogen (secondary N) is 1. The Hall–Kier alpha value is -2.52. The molecule has 0 unspecified atom stereocenters. The molecule has 3 aromatic rings. The molecule has 0 saturated heterocycles. The van der Waals surface area contributed by atoms with Crippen LogP contribution in [-0.2, 0) is 6.42 Å². The summed E-state index contributed by atoms with van der Waals surface area (Å²) in [5.41, 5.74) is 3.54. The maximum Gasteiger partial charge on any atom is 0.255 e. The van der Waals surface area contributed by atoms with Crippen molar-refractivity contribution < 1.29 is 9.21 Å². The maximum atomic E-state index is 12.7. The van der Waals surface area contributed by atoms with E-state index >= 15 is 0 Å². The van der Waals surface area contributed by atoms with Gasteiger partial charge in [0.15, 0.2) is 0 Å². The SMILES string of the molecule is Cc1oc(C)c(-c2ccccc2)c1C(=O)NCCc1cccc(Cl)c1. The summed E-state index contributed by atoms with van der Waals surface area (Å²) in [5.74, 6) is 1.27. The Morgan fingerprint density at radius 2 is 1.80 bits per heavy atom. The molecular formula is C21H20ClNO2. The Kier molecular flexibility index (Phi) is 5.25. The highest BCUT2D eigenvalue weighted by atomic mass is 35.5. The standard InChI is InChI=1S/C21H20ClNO2/c1-14-19(17-8-4-3-5-9-17)20(15(2)25-14)21(24)23-12-11-16-7-6-10-18(22)13-16/h3-10,13H,11-12H2,1-2H3,(H,23,24). The molecule has 0 radical (unpaired) electrons. The minimum Gasteiger partial charge on any atom is -0.465 e. The first-order valence-electron chi connectivity index (χ1n) is 8.24. The van der Waals surface area contributed by atoms with Crippen molar-refractivity contribution in [3.63, 3.8) is 0 Å². The van der Waals surface area contributed by atoms with E-state index in [1.165, 1.54) is 0 Å². The molecule has 0 spiro atoms. The summed E-state index contributed by atoms with van der Waals surface area (Å²) in [6.45, 7) is 4.25. The van der Waals surface area contributed by atoms with Gasteiger partial charge in [-0.25, -0.2) is 0 Å². The lowest BCUT2D eigenvalue weighted by molar-refractivity contribution is 0.0953. The van der Waals surface area contributed by atoms with Crippen molar-refractivity contribution in [2.75, 3.05) is 6.54 Å². The first-order chi connectivity index (χ1) is 12.1. The van der Waals surface area contributed by atoms with Crippen molar-refractivity contribution in [3.8, 4) is 11.1 Å². The van der Waals surface area contributed by atoms with Crippen molar-refractivity contribution in [1.82, 2.24) is 5.32 Å². The minimum absolute atomic E-state index is 0.116. The molecule has 25 heavy (non-hydrogen) atoms. The average molecular weight is 354 g/mol. The Morgan fingerprint density at radius 3 is 2.52 bits per heavy atom. The number of hydrogen-bond acceptors (Lipinski definition) is 2. The van der Waals surface area contributed by atoms with Gasteiger partial charge in [0.05, 0.1) is 5.56 Å². The van der Waals surface area contributed by atoms with E-state index in [1.807, 2.05) is 68.4 Å². The van der Waals surface area contributed by atoms with Crippen LogP contribution in [0.15, 0.2) is 59.0 Å². The van der Waals surface area contributed by atoms with Gasteiger partial charge in [0.1, 0.15) is 11.5 Å². The van der Waals surface area contributed by atoms with Gasteiger partial charge in [-0.3, -0.25) is 4.79 Å². The lowest BCUT2D eigenvalue weighted by Crippen LogP contribution is -2.26. The zero-order valence-electron chi connectivity index (χ0n) is 14.3. The summed E-state index contributed by atoms with van der Waals surface area (Å²) in [5, 5.41) is 3.69. The van der Waals surface area contributed by atoms with Gasteiger partial charge in [0.2, 0.25) is 0 Å². The molecule has 0 fully saturated rings. The van der Waals surface area contributed by atoms with Crippen molar-refractivity contribution in [1.29, 1.82) is 0 Å². The second-order valence-electron chi connectivity index (χ2n) is 5.97. The van der Waals surface area contributed by atoms with Gasteiger partial charge in [-0.1, -0.05) is 54.1 Å². The highest BCUT2D eigenvalue weighted by Gasteiger charge is 2.22. The molecule has 1 aromatic heterocycles. The highest BCUT2D eigenvalue weighted by Crippen LogP contribution is 2.32. The molecule has 0 aliphatic carbocycles. The number of rotatable bonds is 5. The Bertz CT molecular complexity index is 884. The second-order valence-corrected chi connectivity index (χ2v) is 6.40. The first-order valence-corrected chi connectivity index (χ1v) is 8.62. The summed E-state index contributed by atoms with van der Waals surface area (Å²) >= 11 is 5.99. The molecule has 0 aliphatic rings. The summed E-state index contributed by atoms with van der Waals surface area (Å²) in [6.07, 6.45) is 0.725. The summed E-state index contributed by atoms with van der Waals surface area (Å²) in [4.78, 5) is 12.7. The number of benzene rings is 2. The zero-order chi connectivity index (χ0) is 17.8. The fourth-order valence-corrected chi connectivity index (χ4v) is 3.22. The largest absolute Gasteiger partial charge is 0.465 e. The smallest absolute Gasteiger partial charge is 0.255 e. The van der Waals surface area contributed by atoms with Crippen molar-refractivity contribution in [2.24, 2.45) is 0 Å². The molecule has 1 heterocycles. The molecule has 3 rings (SSSR count). The molecule has 0 atom stereocenters. The Balaban J connectivity index is 1.76. The lowest BCUT2D eigenvalue weighted by Gasteiger charge is -2.08. The van der Waals surface area contributed by atoms with Crippen LogP contribution in [0.5, 0.6) is 0 Å². The van der Waals surface area contributed by atoms with Crippen LogP contribution >= 0.6 is 11.6 Å². The van der Waals surface area contributed by atoms with E-state index in [2.05, 4.69) is 5.32 Å². The topological polar surface area (TPSA) is 42.2 Å². The minimum atomic E-state index is -0.116. The highest BCUT2D eigenvalue weighted by molar-refractivity contribution is 6.30. The van der Waals surface area contributed by atoms with E-state index in [0.29, 0.717) is 22.9 Å². The van der Waals surface area contributed by atoms with Crippen molar-refractivity contribution >= 4 is 17.5 Å². The summed E-state index contributed by atoms with van der Waals surface area (Å²) < 4.78 is 5.72. The van der Waals surface area contributed by atoms with E-state index in [9.17, 15) is 4.79 Å². The van der Waals surface area contributed by atoms with Crippen LogP contribution in [0.1, 0.15) is 27.4 Å². The third-order valence-corrected chi connectivity index (χ3v) is 4.37. The summed E-state index contributed by atoms with van der Waals surface area (Å²) in [7, 11) is 0. The first kappa shape index (κ1) is 17.3. The Labute approximate surface area is 152 Å². The van der Waals surface area contributed by atoms with Gasteiger partial charge in [-0.05, 0) is 43.5 Å². The van der Waals surface area contributed by atoms with Crippen LogP contribution < -0.4 is 5.32 Å². The quantitative estimate of drug-likeness (QED) is 0.685. The predicted octanol–water partition coefficient (Wildman–Crippen LogP) is 5.19. The molecule has 0 bridgehead atoms. The number of hydrogen-bond donors (Lipinski definition) is 1. The van der Waals surface area contributed by atoms with E-state index < -0.39 is 0 Å². The van der Waals surface area contributed by atoms with Gasteiger partial charge < -0.3 is 9.73 Å². The van der Waals surface area contributed by atoms with E-state index in [-0.39, 0.29) is 5.91 Å². The van der Waals surface area contributed by atoms with E-state index in [0.717, 1.165) is 28.9 Å². The molecule has 4 heteroatoms. The number of carbonyl (C=O) groups is 1. The molecule has 0 saturated carbocycles. The van der Waals surface area contributed by atoms with Crippen molar-refractivity contribution in [2.45, 2.75) is 20.3 Å². The zero-order valence-corrected chi connectivity index (χ0v) is 15.1. The third kappa shape index (κ3) is 3.94. The predicted molar refractivity (Wildman–Crippen MR) is 101 cm³/mol. The third-order valence-electron chi connectivity index (χ3n) is 4.14. The normalized spacial score (nSPS) is 10.7. The number of halogens is 1. The van der Waals surface area contributed by atoms with Gasteiger partial charge in [0, 0.05) is 17.1 Å². The van der Waals surface area contributed by atoms with Gasteiger partial charge in [-0.2, -0.15) is 0 Å². The van der Waals surface area contributed by atoms with Crippen LogP contribution in [0.25, 0.3) is 11.1 Å². The van der Waals surface area contributed by atoms with Crippen LogP contribution in [0, 0.1) is 13.8 Å². The van der Waals surface area contributed by atoms with E-state index in [4.69, 9.17) is 16.0 Å². The van der Waals surface area contributed by atoms with Crippen LogP contribution in [0.4, 0.5) is 0 Å². The number of carbonyl (C=O) groups excluding carboxylic acids is 1. The molecule has 0 aliphatic heterocycles. The number of aryl methyl sites for hydroxylation is 2. The van der Waals surface area contributed by atoms with Crippen molar-refractivity contribution in [3.05, 3.63) is 82.3 Å².